The maximum Gasteiger partial charge on any atom is 0.290 e. The fourth-order valence-corrected chi connectivity index (χ4v) is 1.76. The van der Waals surface area contributed by atoms with Crippen molar-refractivity contribution < 1.29 is 8.78 Å². The molecule has 3 heteroatoms. The van der Waals surface area contributed by atoms with E-state index in [1.807, 2.05) is 24.3 Å². The minimum atomic E-state index is -3.04. The van der Waals surface area contributed by atoms with Crippen LogP contribution in [0.15, 0.2) is 42.5 Å². The van der Waals surface area contributed by atoms with Crippen molar-refractivity contribution in [2.75, 3.05) is 0 Å². The summed E-state index contributed by atoms with van der Waals surface area (Å²) in [6.07, 6.45) is 0. The summed E-state index contributed by atoms with van der Waals surface area (Å²) < 4.78 is 28.1. The Bertz CT molecular complexity index is 541. The zero-order valence-electron chi connectivity index (χ0n) is 9.87. The summed E-state index contributed by atoms with van der Waals surface area (Å²) in [7, 11) is 0. The number of rotatable bonds is 2. The molecule has 0 unspecified atom stereocenters. The molecule has 0 saturated heterocycles. The van der Waals surface area contributed by atoms with E-state index >= 15 is 0 Å². The van der Waals surface area contributed by atoms with Gasteiger partial charge in [0.05, 0.1) is 5.54 Å². The van der Waals surface area contributed by atoms with Crippen LogP contribution in [0.5, 0.6) is 0 Å². The predicted molar refractivity (Wildman–Crippen MR) is 66.1 cm³/mol. The van der Waals surface area contributed by atoms with E-state index in [1.165, 1.54) is 26.0 Å². The lowest BCUT2D eigenvalue weighted by molar-refractivity contribution is -0.0671. The minimum absolute atomic E-state index is 0.0382. The zero-order valence-corrected chi connectivity index (χ0v) is 9.87. The molecule has 0 aliphatic carbocycles. The van der Waals surface area contributed by atoms with Crippen LogP contribution in [0.25, 0.3) is 10.8 Å². The maximum atomic E-state index is 14.1. The van der Waals surface area contributed by atoms with Crippen LogP contribution >= 0.6 is 0 Å². The van der Waals surface area contributed by atoms with Gasteiger partial charge < -0.3 is 5.73 Å². The van der Waals surface area contributed by atoms with E-state index in [0.29, 0.717) is 0 Å². The Hall–Kier alpha value is -1.48. The van der Waals surface area contributed by atoms with Crippen molar-refractivity contribution >= 4 is 10.8 Å². The molecule has 2 rings (SSSR count). The van der Waals surface area contributed by atoms with Crippen LogP contribution in [0.2, 0.25) is 0 Å². The van der Waals surface area contributed by atoms with Gasteiger partial charge in [0.2, 0.25) is 0 Å². The van der Waals surface area contributed by atoms with Crippen molar-refractivity contribution in [3.63, 3.8) is 0 Å². The molecular formula is C14H15F2N. The van der Waals surface area contributed by atoms with Gasteiger partial charge in [0.15, 0.2) is 0 Å². The summed E-state index contributed by atoms with van der Waals surface area (Å²) in [6.45, 7) is 2.67. The summed E-state index contributed by atoms with van der Waals surface area (Å²) in [5, 5.41) is 1.75. The van der Waals surface area contributed by atoms with Gasteiger partial charge in [-0.15, -0.1) is 0 Å². The van der Waals surface area contributed by atoms with Crippen molar-refractivity contribution in [1.29, 1.82) is 0 Å². The molecule has 0 aliphatic heterocycles. The number of hydrogen-bond donors (Lipinski definition) is 1. The fraction of sp³-hybridized carbons (Fsp3) is 0.286. The third-order valence-electron chi connectivity index (χ3n) is 2.92. The third kappa shape index (κ3) is 2.03. The molecule has 0 radical (unpaired) electrons. The van der Waals surface area contributed by atoms with Gasteiger partial charge in [-0.1, -0.05) is 36.4 Å². The van der Waals surface area contributed by atoms with Crippen LogP contribution in [0, 0.1) is 0 Å². The number of fused-ring (bicyclic) bond motifs is 1. The first-order valence-electron chi connectivity index (χ1n) is 5.48. The van der Waals surface area contributed by atoms with Gasteiger partial charge in [-0.05, 0) is 30.7 Å². The highest BCUT2D eigenvalue weighted by atomic mass is 19.3. The number of halogens is 2. The molecule has 0 aromatic heterocycles. The molecule has 90 valence electrons. The largest absolute Gasteiger partial charge is 0.320 e. The quantitative estimate of drug-likeness (QED) is 0.844. The molecule has 0 amide bonds. The van der Waals surface area contributed by atoms with Crippen molar-refractivity contribution in [2.45, 2.75) is 25.3 Å². The summed E-state index contributed by atoms with van der Waals surface area (Å²) in [5.41, 5.74) is 3.93. The summed E-state index contributed by atoms with van der Waals surface area (Å²) in [4.78, 5) is 0. The lowest BCUT2D eigenvalue weighted by Crippen LogP contribution is -2.48. The van der Waals surface area contributed by atoms with E-state index in [1.54, 1.807) is 6.07 Å². The number of hydrogen-bond acceptors (Lipinski definition) is 1. The molecule has 0 heterocycles. The third-order valence-corrected chi connectivity index (χ3v) is 2.92. The second-order valence-corrected chi connectivity index (χ2v) is 4.86. The van der Waals surface area contributed by atoms with Crippen LogP contribution in [-0.4, -0.2) is 5.54 Å². The van der Waals surface area contributed by atoms with Crippen LogP contribution in [0.4, 0.5) is 8.78 Å². The second-order valence-electron chi connectivity index (χ2n) is 4.86. The molecule has 1 nitrogen and oxygen atoms in total. The van der Waals surface area contributed by atoms with E-state index in [4.69, 9.17) is 5.73 Å². The van der Waals surface area contributed by atoms with Gasteiger partial charge in [0, 0.05) is 5.56 Å². The Labute approximate surface area is 99.2 Å². The molecule has 17 heavy (non-hydrogen) atoms. The van der Waals surface area contributed by atoms with E-state index in [-0.39, 0.29) is 5.56 Å². The Kier molecular flexibility index (Phi) is 2.66. The van der Waals surface area contributed by atoms with Crippen LogP contribution < -0.4 is 5.73 Å². The fourth-order valence-electron chi connectivity index (χ4n) is 1.76. The predicted octanol–water partition coefficient (Wildman–Crippen LogP) is 3.67. The number of alkyl halides is 2. The van der Waals surface area contributed by atoms with Crippen molar-refractivity contribution in [2.24, 2.45) is 5.73 Å². The van der Waals surface area contributed by atoms with Crippen molar-refractivity contribution in [1.82, 2.24) is 0 Å². The standard InChI is InChI=1S/C14H15F2N/c1-13(2,17)14(15,16)12-8-7-10-5-3-4-6-11(10)9-12/h3-9H,17H2,1-2H3. The lowest BCUT2D eigenvalue weighted by Gasteiger charge is -2.30. The molecule has 2 aromatic rings. The smallest absolute Gasteiger partial charge is 0.290 e. The second kappa shape index (κ2) is 3.77. The first-order valence-corrected chi connectivity index (χ1v) is 5.48. The van der Waals surface area contributed by atoms with E-state index in [2.05, 4.69) is 0 Å². The summed E-state index contributed by atoms with van der Waals surface area (Å²) in [6, 6.07) is 12.1. The van der Waals surface area contributed by atoms with Gasteiger partial charge in [0.1, 0.15) is 0 Å². The van der Waals surface area contributed by atoms with Gasteiger partial charge in [-0.2, -0.15) is 8.78 Å². The average Bonchev–Trinajstić information content (AvgIpc) is 2.27. The van der Waals surface area contributed by atoms with Gasteiger partial charge in [0.25, 0.3) is 5.92 Å². The summed E-state index contributed by atoms with van der Waals surface area (Å²) >= 11 is 0. The molecule has 2 N–H and O–H groups in total. The Morgan fingerprint density at radius 2 is 1.53 bits per heavy atom. The molecule has 0 atom stereocenters. The first-order chi connectivity index (χ1) is 7.82. The molecule has 0 spiro atoms. The van der Waals surface area contributed by atoms with E-state index in [0.717, 1.165) is 10.8 Å². The van der Waals surface area contributed by atoms with Crippen molar-refractivity contribution in [3.05, 3.63) is 48.0 Å². The Morgan fingerprint density at radius 1 is 0.941 bits per heavy atom. The normalized spacial score (nSPS) is 13.0. The highest BCUT2D eigenvalue weighted by Gasteiger charge is 2.45. The van der Waals surface area contributed by atoms with Crippen LogP contribution in [-0.2, 0) is 5.92 Å². The van der Waals surface area contributed by atoms with Gasteiger partial charge in [-0.25, -0.2) is 0 Å². The maximum absolute atomic E-state index is 14.1. The van der Waals surface area contributed by atoms with Crippen molar-refractivity contribution in [3.8, 4) is 0 Å². The minimum Gasteiger partial charge on any atom is -0.320 e. The van der Waals surface area contributed by atoms with Crippen LogP contribution in [0.3, 0.4) is 0 Å². The topological polar surface area (TPSA) is 26.0 Å². The lowest BCUT2D eigenvalue weighted by atomic mass is 9.90. The highest BCUT2D eigenvalue weighted by molar-refractivity contribution is 5.83. The van der Waals surface area contributed by atoms with E-state index in [9.17, 15) is 8.78 Å². The van der Waals surface area contributed by atoms with E-state index < -0.39 is 11.5 Å². The molecule has 0 bridgehead atoms. The highest BCUT2D eigenvalue weighted by Crippen LogP contribution is 2.38. The molecule has 2 aromatic carbocycles. The summed E-state index contributed by atoms with van der Waals surface area (Å²) in [5.74, 6) is -3.04. The van der Waals surface area contributed by atoms with Crippen LogP contribution in [0.1, 0.15) is 19.4 Å². The van der Waals surface area contributed by atoms with Gasteiger partial charge >= 0.3 is 0 Å². The van der Waals surface area contributed by atoms with Gasteiger partial charge in [-0.3, -0.25) is 0 Å². The first kappa shape index (κ1) is 12.0. The Morgan fingerprint density at radius 3 is 2.12 bits per heavy atom. The number of benzene rings is 2. The average molecular weight is 235 g/mol. The number of nitrogens with two attached hydrogens (primary N) is 1. The zero-order chi connectivity index (χ0) is 12.7. The Balaban J connectivity index is 2.57. The molecular weight excluding hydrogens is 220 g/mol. The molecule has 0 fully saturated rings. The SMILES string of the molecule is CC(C)(N)C(F)(F)c1ccc2ccccc2c1. The molecule has 0 aliphatic rings. The molecule has 0 saturated carbocycles. The monoisotopic (exact) mass is 235 g/mol.